The van der Waals surface area contributed by atoms with Crippen molar-refractivity contribution in [2.75, 3.05) is 44.2 Å². The van der Waals surface area contributed by atoms with E-state index < -0.39 is 23.5 Å². The summed E-state index contributed by atoms with van der Waals surface area (Å²) in [6.07, 6.45) is -11.2. The van der Waals surface area contributed by atoms with Gasteiger partial charge in [0.25, 0.3) is 5.60 Å². The lowest BCUT2D eigenvalue weighted by molar-refractivity contribution is -0.376. The minimum absolute atomic E-state index is 0.00105. The van der Waals surface area contributed by atoms with Crippen LogP contribution >= 0.6 is 0 Å². The Bertz CT molecular complexity index is 643. The monoisotopic (exact) mass is 415 g/mol. The molecule has 0 unspecified atom stereocenters. The van der Waals surface area contributed by atoms with Crippen molar-refractivity contribution >= 4 is 5.82 Å². The summed E-state index contributed by atoms with van der Waals surface area (Å²) in [6, 6.07) is 1.20. The molecule has 1 fully saturated rings. The number of halogens is 6. The molecule has 0 amide bonds. The zero-order valence-corrected chi connectivity index (χ0v) is 15.3. The van der Waals surface area contributed by atoms with Gasteiger partial charge in [0.05, 0.1) is 6.61 Å². The summed E-state index contributed by atoms with van der Waals surface area (Å²) in [6.45, 7) is 4.23. The number of anilines is 1. The van der Waals surface area contributed by atoms with Crippen LogP contribution in [0.5, 0.6) is 0 Å². The molecule has 160 valence electrons. The van der Waals surface area contributed by atoms with Gasteiger partial charge in [0.15, 0.2) is 0 Å². The maximum atomic E-state index is 13.2. The molecule has 0 bridgehead atoms. The first-order valence-electron chi connectivity index (χ1n) is 8.89. The minimum Gasteiger partial charge on any atom is -0.395 e. The van der Waals surface area contributed by atoms with Crippen LogP contribution in [-0.2, 0) is 12.0 Å². The summed E-state index contributed by atoms with van der Waals surface area (Å²) >= 11 is 0. The zero-order valence-electron chi connectivity index (χ0n) is 15.3. The highest BCUT2D eigenvalue weighted by atomic mass is 19.4. The van der Waals surface area contributed by atoms with Gasteiger partial charge < -0.3 is 15.1 Å². The minimum atomic E-state index is -5.94. The molecule has 1 aliphatic heterocycles. The third-order valence-corrected chi connectivity index (χ3v) is 4.82. The van der Waals surface area contributed by atoms with Crippen LogP contribution in [0.4, 0.5) is 32.2 Å². The van der Waals surface area contributed by atoms with Crippen LogP contribution in [0, 0.1) is 0 Å². The maximum absolute atomic E-state index is 13.2. The average molecular weight is 415 g/mol. The van der Waals surface area contributed by atoms with Crippen LogP contribution in [0.3, 0.4) is 0 Å². The Labute approximate surface area is 158 Å². The van der Waals surface area contributed by atoms with Crippen LogP contribution in [0.1, 0.15) is 24.5 Å². The molecule has 5 nitrogen and oxygen atoms in total. The summed E-state index contributed by atoms with van der Waals surface area (Å²) in [5, 5.41) is 18.7. The molecular weight excluding hydrogens is 392 g/mol. The summed E-state index contributed by atoms with van der Waals surface area (Å²) in [7, 11) is 0. The quantitative estimate of drug-likeness (QED) is 0.700. The molecule has 1 aromatic rings. The molecule has 0 radical (unpaired) electrons. The van der Waals surface area contributed by atoms with Gasteiger partial charge in [0.1, 0.15) is 5.82 Å². The van der Waals surface area contributed by atoms with Crippen molar-refractivity contribution in [1.29, 1.82) is 0 Å². The van der Waals surface area contributed by atoms with Gasteiger partial charge in [-0.3, -0.25) is 4.90 Å². The second-order valence-electron chi connectivity index (χ2n) is 6.71. The molecular formula is C17H23F6N3O2. The van der Waals surface area contributed by atoms with Crippen LogP contribution in [0.2, 0.25) is 0 Å². The zero-order chi connectivity index (χ0) is 21.2. The molecule has 2 heterocycles. The molecule has 28 heavy (non-hydrogen) atoms. The third kappa shape index (κ3) is 4.36. The Morgan fingerprint density at radius 3 is 2.07 bits per heavy atom. The molecule has 0 aromatic carbocycles. The first kappa shape index (κ1) is 22.7. The standard InChI is InChI=1S/C17H23F6N3O2/c1-2-3-12-10-14(26-6-4-25(5-7-26)8-9-27)24-11-13(12)15(28,16(18,19)20)17(21,22)23/h10-11,27-28H,2-9H2,1H3. The van der Waals surface area contributed by atoms with Crippen molar-refractivity contribution in [1.82, 2.24) is 9.88 Å². The van der Waals surface area contributed by atoms with Gasteiger partial charge in [-0.1, -0.05) is 13.3 Å². The van der Waals surface area contributed by atoms with Crippen molar-refractivity contribution in [3.8, 4) is 0 Å². The fourth-order valence-corrected chi connectivity index (χ4v) is 3.27. The summed E-state index contributed by atoms with van der Waals surface area (Å²) in [5.41, 5.74) is -6.49. The number of piperazine rings is 1. The number of aromatic nitrogens is 1. The average Bonchev–Trinajstić information content (AvgIpc) is 2.60. The van der Waals surface area contributed by atoms with E-state index in [0.29, 0.717) is 45.3 Å². The summed E-state index contributed by atoms with van der Waals surface area (Å²) < 4.78 is 79.5. The van der Waals surface area contributed by atoms with Gasteiger partial charge in [-0.05, 0) is 18.1 Å². The lowest BCUT2D eigenvalue weighted by Gasteiger charge is -2.36. The predicted octanol–water partition coefficient (Wildman–Crippen LogP) is 2.46. The Hall–Kier alpha value is -1.59. The number of β-amino-alcohol motifs (C(OH)–C–C–N with tert-alkyl or cyclic N) is 1. The lowest BCUT2D eigenvalue weighted by atomic mass is 9.88. The van der Waals surface area contributed by atoms with Crippen molar-refractivity contribution < 1.29 is 36.6 Å². The van der Waals surface area contributed by atoms with Gasteiger partial charge in [-0.2, -0.15) is 26.3 Å². The molecule has 0 aliphatic carbocycles. The molecule has 2 rings (SSSR count). The summed E-state index contributed by atoms with van der Waals surface area (Å²) in [4.78, 5) is 7.56. The van der Waals surface area contributed by atoms with Gasteiger partial charge in [0.2, 0.25) is 0 Å². The van der Waals surface area contributed by atoms with Gasteiger partial charge in [-0.25, -0.2) is 4.98 Å². The second kappa shape index (κ2) is 8.42. The molecule has 0 spiro atoms. The number of hydrogen-bond donors (Lipinski definition) is 2. The number of rotatable bonds is 6. The SMILES string of the molecule is CCCc1cc(N2CCN(CCO)CC2)ncc1C(O)(C(F)(F)F)C(F)(F)F. The lowest BCUT2D eigenvalue weighted by Crippen LogP contribution is -2.54. The maximum Gasteiger partial charge on any atom is 0.430 e. The fraction of sp³-hybridized carbons (Fsp3) is 0.706. The number of hydrogen-bond acceptors (Lipinski definition) is 5. The van der Waals surface area contributed by atoms with E-state index in [-0.39, 0.29) is 24.4 Å². The number of pyridine rings is 1. The second-order valence-corrected chi connectivity index (χ2v) is 6.71. The molecule has 2 N–H and O–H groups in total. The van der Waals surface area contributed by atoms with E-state index >= 15 is 0 Å². The highest BCUT2D eigenvalue weighted by molar-refractivity contribution is 5.47. The molecule has 0 atom stereocenters. The topological polar surface area (TPSA) is 59.8 Å². The van der Waals surface area contributed by atoms with Gasteiger partial charge in [0, 0.05) is 44.5 Å². The Morgan fingerprint density at radius 2 is 1.61 bits per heavy atom. The largest absolute Gasteiger partial charge is 0.430 e. The molecule has 1 saturated heterocycles. The molecule has 1 aliphatic rings. The van der Waals surface area contributed by atoms with Crippen LogP contribution in [0.25, 0.3) is 0 Å². The van der Waals surface area contributed by atoms with Crippen LogP contribution < -0.4 is 4.90 Å². The van der Waals surface area contributed by atoms with Crippen molar-refractivity contribution in [3.05, 3.63) is 23.4 Å². The Morgan fingerprint density at radius 1 is 1.04 bits per heavy atom. The predicted molar refractivity (Wildman–Crippen MR) is 90.0 cm³/mol. The normalized spacial score (nSPS) is 17.2. The first-order valence-corrected chi connectivity index (χ1v) is 8.89. The number of aliphatic hydroxyl groups excluding tert-OH is 1. The smallest absolute Gasteiger partial charge is 0.395 e. The van der Waals surface area contributed by atoms with E-state index in [4.69, 9.17) is 5.11 Å². The van der Waals surface area contributed by atoms with E-state index in [1.165, 1.54) is 6.07 Å². The number of alkyl halides is 6. The fourth-order valence-electron chi connectivity index (χ4n) is 3.27. The Balaban J connectivity index is 2.40. The first-order chi connectivity index (χ1) is 13.0. The van der Waals surface area contributed by atoms with Crippen LogP contribution in [-0.4, -0.2) is 71.8 Å². The summed E-state index contributed by atoms with van der Waals surface area (Å²) in [5.74, 6) is 0.266. The van der Waals surface area contributed by atoms with Crippen molar-refractivity contribution in [2.45, 2.75) is 37.7 Å². The van der Waals surface area contributed by atoms with E-state index in [0.717, 1.165) is 0 Å². The van der Waals surface area contributed by atoms with E-state index in [9.17, 15) is 31.4 Å². The van der Waals surface area contributed by atoms with E-state index in [1.807, 2.05) is 4.90 Å². The van der Waals surface area contributed by atoms with Gasteiger partial charge >= 0.3 is 12.4 Å². The molecule has 11 heteroatoms. The number of aryl methyl sites for hydroxylation is 1. The Kier molecular flexibility index (Phi) is 6.82. The number of nitrogens with zero attached hydrogens (tertiary/aromatic N) is 3. The van der Waals surface area contributed by atoms with E-state index in [2.05, 4.69) is 4.98 Å². The van der Waals surface area contributed by atoms with Gasteiger partial charge in [-0.15, -0.1) is 0 Å². The third-order valence-electron chi connectivity index (χ3n) is 4.82. The van der Waals surface area contributed by atoms with Crippen molar-refractivity contribution in [3.63, 3.8) is 0 Å². The van der Waals surface area contributed by atoms with Crippen LogP contribution in [0.15, 0.2) is 12.3 Å². The molecule has 0 saturated carbocycles. The highest BCUT2D eigenvalue weighted by Gasteiger charge is 2.72. The molecule has 1 aromatic heterocycles. The van der Waals surface area contributed by atoms with Crippen molar-refractivity contribution in [2.24, 2.45) is 0 Å². The highest BCUT2D eigenvalue weighted by Crippen LogP contribution is 2.51. The number of aliphatic hydroxyl groups is 2. The van der Waals surface area contributed by atoms with E-state index in [1.54, 1.807) is 11.8 Å².